The second kappa shape index (κ2) is 7.45. The number of rotatable bonds is 7. The van der Waals surface area contributed by atoms with Gasteiger partial charge in [0.1, 0.15) is 0 Å². The van der Waals surface area contributed by atoms with E-state index >= 15 is 0 Å². The molecule has 0 aliphatic carbocycles. The normalized spacial score (nSPS) is 18.0. The molecule has 1 amide bonds. The Kier molecular flexibility index (Phi) is 6.24. The lowest BCUT2D eigenvalue weighted by atomic mass is 9.94. The highest BCUT2D eigenvalue weighted by molar-refractivity contribution is 5.76. The maximum atomic E-state index is 11.8. The molecule has 0 spiro atoms. The predicted molar refractivity (Wildman–Crippen MR) is 68.7 cm³/mol. The van der Waals surface area contributed by atoms with Crippen molar-refractivity contribution in [3.8, 4) is 0 Å². The van der Waals surface area contributed by atoms with Gasteiger partial charge < -0.3 is 19.8 Å². The van der Waals surface area contributed by atoms with Gasteiger partial charge in [-0.3, -0.25) is 9.59 Å². The van der Waals surface area contributed by atoms with Gasteiger partial charge in [-0.05, 0) is 12.8 Å². The molecule has 1 fully saturated rings. The van der Waals surface area contributed by atoms with Crippen LogP contribution in [0, 0.1) is 0 Å². The van der Waals surface area contributed by atoms with Crippen LogP contribution in [-0.4, -0.2) is 59.4 Å². The van der Waals surface area contributed by atoms with E-state index in [4.69, 9.17) is 9.84 Å². The zero-order chi connectivity index (χ0) is 14.3. The van der Waals surface area contributed by atoms with Crippen LogP contribution in [0.3, 0.4) is 0 Å². The number of carbonyl (C=O) groups excluding carboxylic acids is 1. The van der Waals surface area contributed by atoms with E-state index in [1.165, 1.54) is 4.90 Å². The van der Waals surface area contributed by atoms with Crippen molar-refractivity contribution in [1.29, 1.82) is 0 Å². The summed E-state index contributed by atoms with van der Waals surface area (Å²) in [5.74, 6) is -0.886. The van der Waals surface area contributed by atoms with Crippen LogP contribution in [0.5, 0.6) is 0 Å². The average Bonchev–Trinajstić information content (AvgIpc) is 2.34. The van der Waals surface area contributed by atoms with E-state index in [9.17, 15) is 14.7 Å². The fourth-order valence-corrected chi connectivity index (χ4v) is 2.18. The SMILES string of the molecule is CN(CC1(O)CCOCC1)C(=O)CCCCC(=O)O. The third-order valence-corrected chi connectivity index (χ3v) is 3.41. The minimum atomic E-state index is -0.844. The molecule has 0 aromatic carbocycles. The number of carboxylic acids is 1. The van der Waals surface area contributed by atoms with Crippen molar-refractivity contribution in [2.75, 3.05) is 26.8 Å². The number of aliphatic hydroxyl groups is 1. The van der Waals surface area contributed by atoms with Crippen LogP contribution in [0.2, 0.25) is 0 Å². The molecule has 1 rings (SSSR count). The van der Waals surface area contributed by atoms with Crippen molar-refractivity contribution in [3.63, 3.8) is 0 Å². The molecule has 19 heavy (non-hydrogen) atoms. The molecule has 0 unspecified atom stereocenters. The van der Waals surface area contributed by atoms with Crippen LogP contribution in [0.25, 0.3) is 0 Å². The van der Waals surface area contributed by atoms with Crippen LogP contribution >= 0.6 is 0 Å². The van der Waals surface area contributed by atoms with Crippen molar-refractivity contribution in [2.45, 2.75) is 44.1 Å². The van der Waals surface area contributed by atoms with Gasteiger partial charge in [0.25, 0.3) is 0 Å². The van der Waals surface area contributed by atoms with Gasteiger partial charge in [-0.25, -0.2) is 0 Å². The molecule has 2 N–H and O–H groups in total. The van der Waals surface area contributed by atoms with Crippen molar-refractivity contribution in [1.82, 2.24) is 4.90 Å². The molecule has 0 saturated carbocycles. The minimum Gasteiger partial charge on any atom is -0.481 e. The number of nitrogens with zero attached hydrogens (tertiary/aromatic N) is 1. The molecule has 6 nitrogen and oxygen atoms in total. The largest absolute Gasteiger partial charge is 0.481 e. The molecule has 0 atom stereocenters. The Balaban J connectivity index is 2.25. The number of carbonyl (C=O) groups is 2. The summed E-state index contributed by atoms with van der Waals surface area (Å²) in [5, 5.41) is 18.8. The minimum absolute atomic E-state index is 0.0506. The summed E-state index contributed by atoms with van der Waals surface area (Å²) in [5.41, 5.74) is -0.844. The van der Waals surface area contributed by atoms with Gasteiger partial charge in [0.05, 0.1) is 5.60 Å². The highest BCUT2D eigenvalue weighted by atomic mass is 16.5. The number of amides is 1. The first-order valence-electron chi connectivity index (χ1n) is 6.69. The highest BCUT2D eigenvalue weighted by Gasteiger charge is 2.32. The molecule has 6 heteroatoms. The molecule has 0 radical (unpaired) electrons. The van der Waals surface area contributed by atoms with Gasteiger partial charge in [0.15, 0.2) is 0 Å². The number of hydrogen-bond acceptors (Lipinski definition) is 4. The number of unbranched alkanes of at least 4 members (excludes halogenated alkanes) is 1. The van der Waals surface area contributed by atoms with E-state index in [1.807, 2.05) is 0 Å². The lowest BCUT2D eigenvalue weighted by Gasteiger charge is -2.35. The first kappa shape index (κ1) is 15.9. The highest BCUT2D eigenvalue weighted by Crippen LogP contribution is 2.21. The Bertz CT molecular complexity index is 312. The summed E-state index contributed by atoms with van der Waals surface area (Å²) in [6.07, 6.45) is 2.59. The molecule has 110 valence electrons. The molecule has 1 saturated heterocycles. The Morgan fingerprint density at radius 1 is 1.21 bits per heavy atom. The third kappa shape index (κ3) is 6.02. The first-order chi connectivity index (χ1) is 8.93. The lowest BCUT2D eigenvalue weighted by Crippen LogP contribution is -2.47. The predicted octanol–water partition coefficient (Wildman–Crippen LogP) is 0.631. The molecule has 0 aromatic heterocycles. The Morgan fingerprint density at radius 3 is 2.37 bits per heavy atom. The maximum absolute atomic E-state index is 11.8. The molecule has 0 bridgehead atoms. The van der Waals surface area contributed by atoms with Crippen LogP contribution < -0.4 is 0 Å². The van der Waals surface area contributed by atoms with Gasteiger partial charge in [-0.1, -0.05) is 0 Å². The molecular formula is C13H23NO5. The van der Waals surface area contributed by atoms with E-state index in [2.05, 4.69) is 0 Å². The molecule has 1 aliphatic rings. The molecule has 1 heterocycles. The lowest BCUT2D eigenvalue weighted by molar-refractivity contribution is -0.138. The topological polar surface area (TPSA) is 87.1 Å². The third-order valence-electron chi connectivity index (χ3n) is 3.41. The quantitative estimate of drug-likeness (QED) is 0.664. The van der Waals surface area contributed by atoms with Crippen molar-refractivity contribution in [2.24, 2.45) is 0 Å². The van der Waals surface area contributed by atoms with Crippen molar-refractivity contribution in [3.05, 3.63) is 0 Å². The Labute approximate surface area is 113 Å². The van der Waals surface area contributed by atoms with Crippen molar-refractivity contribution < 1.29 is 24.5 Å². The van der Waals surface area contributed by atoms with Crippen LogP contribution in [0.15, 0.2) is 0 Å². The summed E-state index contributed by atoms with van der Waals surface area (Å²) < 4.78 is 5.19. The number of ether oxygens (including phenoxy) is 1. The second-order valence-corrected chi connectivity index (χ2v) is 5.19. The molecule has 0 aromatic rings. The second-order valence-electron chi connectivity index (χ2n) is 5.19. The summed E-state index contributed by atoms with van der Waals surface area (Å²) in [7, 11) is 1.67. The van der Waals surface area contributed by atoms with Crippen LogP contribution in [-0.2, 0) is 14.3 Å². The van der Waals surface area contributed by atoms with Gasteiger partial charge >= 0.3 is 5.97 Å². The number of likely N-dealkylation sites (N-methyl/N-ethyl adjacent to an activating group) is 1. The van der Waals surface area contributed by atoms with Gasteiger partial charge in [0.2, 0.25) is 5.91 Å². The zero-order valence-electron chi connectivity index (χ0n) is 11.4. The molecule has 1 aliphatic heterocycles. The van der Waals surface area contributed by atoms with E-state index in [0.717, 1.165) is 0 Å². The van der Waals surface area contributed by atoms with Crippen LogP contribution in [0.4, 0.5) is 0 Å². The first-order valence-corrected chi connectivity index (χ1v) is 6.69. The number of aliphatic carboxylic acids is 1. The van der Waals surface area contributed by atoms with E-state index in [0.29, 0.717) is 51.9 Å². The average molecular weight is 273 g/mol. The van der Waals surface area contributed by atoms with E-state index in [-0.39, 0.29) is 12.3 Å². The van der Waals surface area contributed by atoms with E-state index < -0.39 is 11.6 Å². The van der Waals surface area contributed by atoms with Gasteiger partial charge in [0, 0.05) is 52.5 Å². The summed E-state index contributed by atoms with van der Waals surface area (Å²) in [6.45, 7) is 1.36. The molecular weight excluding hydrogens is 250 g/mol. The summed E-state index contributed by atoms with van der Waals surface area (Å²) >= 11 is 0. The fourth-order valence-electron chi connectivity index (χ4n) is 2.18. The Morgan fingerprint density at radius 2 is 1.79 bits per heavy atom. The van der Waals surface area contributed by atoms with Crippen LogP contribution in [0.1, 0.15) is 38.5 Å². The fraction of sp³-hybridized carbons (Fsp3) is 0.846. The zero-order valence-corrected chi connectivity index (χ0v) is 11.4. The standard InChI is InChI=1S/C13H23NO5/c1-14(10-13(18)6-8-19-9-7-13)11(15)4-2-3-5-12(16)17/h18H,2-10H2,1H3,(H,16,17). The van der Waals surface area contributed by atoms with Gasteiger partial charge in [-0.2, -0.15) is 0 Å². The smallest absolute Gasteiger partial charge is 0.303 e. The Hall–Kier alpha value is -1.14. The van der Waals surface area contributed by atoms with Crippen molar-refractivity contribution >= 4 is 11.9 Å². The number of carboxylic acid groups (broad SMARTS) is 1. The number of hydrogen-bond donors (Lipinski definition) is 2. The summed E-state index contributed by atoms with van der Waals surface area (Å²) in [4.78, 5) is 23.7. The monoisotopic (exact) mass is 273 g/mol. The van der Waals surface area contributed by atoms with Gasteiger partial charge in [-0.15, -0.1) is 0 Å². The maximum Gasteiger partial charge on any atom is 0.303 e. The van der Waals surface area contributed by atoms with E-state index in [1.54, 1.807) is 7.05 Å². The summed E-state index contributed by atoms with van der Waals surface area (Å²) in [6, 6.07) is 0.